The molecule has 0 bridgehead atoms. The van der Waals surface area contributed by atoms with E-state index in [0.29, 0.717) is 17.7 Å². The molecule has 2 nitrogen and oxygen atoms in total. The Balaban J connectivity index is 2.01. The van der Waals surface area contributed by atoms with Crippen LogP contribution < -0.4 is 0 Å². The lowest BCUT2D eigenvalue weighted by atomic mass is 10.1. The monoisotopic (exact) mass is 271 g/mol. The molecule has 0 atom stereocenters. The highest BCUT2D eigenvalue weighted by Gasteiger charge is 2.33. The maximum Gasteiger partial charge on any atom is 0.225 e. The summed E-state index contributed by atoms with van der Waals surface area (Å²) in [6.45, 7) is 8.04. The average molecular weight is 271 g/mol. The number of carbonyl (C=O) groups is 1. The van der Waals surface area contributed by atoms with Gasteiger partial charge in [0.2, 0.25) is 5.91 Å². The summed E-state index contributed by atoms with van der Waals surface area (Å²) in [7, 11) is 0. The normalized spacial score (nSPS) is 15.5. The fourth-order valence-corrected chi connectivity index (χ4v) is 2.35. The van der Waals surface area contributed by atoms with Gasteiger partial charge in [0.1, 0.15) is 0 Å². The molecule has 1 aromatic carbocycles. The van der Waals surface area contributed by atoms with Gasteiger partial charge in [0.25, 0.3) is 0 Å². The van der Waals surface area contributed by atoms with Crippen molar-refractivity contribution in [3.05, 3.63) is 42.0 Å². The zero-order valence-electron chi connectivity index (χ0n) is 12.8. The molecule has 20 heavy (non-hydrogen) atoms. The van der Waals surface area contributed by atoms with Crippen molar-refractivity contribution in [1.82, 2.24) is 4.90 Å². The highest BCUT2D eigenvalue weighted by molar-refractivity contribution is 5.81. The van der Waals surface area contributed by atoms with Crippen molar-refractivity contribution in [1.29, 1.82) is 0 Å². The standard InChI is InChI=1S/C18H25NO/c1-14(2)13-19(18(20)17-9-10-17)12-11-15(3)16-7-5-4-6-8-16/h4-8,11,14,17H,9-10,12-13H2,1-3H3/b15-11-. The molecule has 0 unspecified atom stereocenters. The summed E-state index contributed by atoms with van der Waals surface area (Å²) in [4.78, 5) is 14.3. The molecule has 1 aliphatic carbocycles. The summed E-state index contributed by atoms with van der Waals surface area (Å²) in [6, 6.07) is 10.4. The predicted octanol–water partition coefficient (Wildman–Crippen LogP) is 3.98. The van der Waals surface area contributed by atoms with E-state index in [2.05, 4.69) is 39.0 Å². The molecule has 0 saturated heterocycles. The molecule has 108 valence electrons. The Labute approximate surface area is 122 Å². The highest BCUT2D eigenvalue weighted by atomic mass is 16.2. The molecule has 0 N–H and O–H groups in total. The van der Waals surface area contributed by atoms with Crippen LogP contribution in [0.4, 0.5) is 0 Å². The third-order valence-electron chi connectivity index (χ3n) is 3.67. The highest BCUT2D eigenvalue weighted by Crippen LogP contribution is 2.31. The number of carbonyl (C=O) groups excluding carboxylic acids is 1. The minimum atomic E-state index is 0.305. The second-order valence-corrected chi connectivity index (χ2v) is 6.16. The Morgan fingerprint density at radius 1 is 1.30 bits per heavy atom. The molecule has 0 aliphatic heterocycles. The molecule has 0 aromatic heterocycles. The number of allylic oxidation sites excluding steroid dienone is 1. The van der Waals surface area contributed by atoms with E-state index in [1.54, 1.807) is 0 Å². The largest absolute Gasteiger partial charge is 0.338 e. The van der Waals surface area contributed by atoms with Crippen molar-refractivity contribution in [2.45, 2.75) is 33.6 Å². The van der Waals surface area contributed by atoms with E-state index in [1.165, 1.54) is 11.1 Å². The van der Waals surface area contributed by atoms with Crippen LogP contribution in [-0.2, 0) is 4.79 Å². The van der Waals surface area contributed by atoms with Crippen LogP contribution in [0.5, 0.6) is 0 Å². The quantitative estimate of drug-likeness (QED) is 0.766. The van der Waals surface area contributed by atoms with Gasteiger partial charge in [0, 0.05) is 19.0 Å². The van der Waals surface area contributed by atoms with Crippen molar-refractivity contribution >= 4 is 11.5 Å². The second kappa shape index (κ2) is 6.74. The van der Waals surface area contributed by atoms with Crippen molar-refractivity contribution in [3.63, 3.8) is 0 Å². The topological polar surface area (TPSA) is 20.3 Å². The van der Waals surface area contributed by atoms with Crippen LogP contribution in [0.2, 0.25) is 0 Å². The van der Waals surface area contributed by atoms with Crippen molar-refractivity contribution in [3.8, 4) is 0 Å². The maximum absolute atomic E-state index is 12.3. The Kier molecular flexibility index (Phi) is 4.99. The number of hydrogen-bond donors (Lipinski definition) is 0. The molecule has 1 amide bonds. The average Bonchev–Trinajstić information content (AvgIpc) is 3.27. The number of nitrogens with zero attached hydrogens (tertiary/aromatic N) is 1. The van der Waals surface area contributed by atoms with Gasteiger partial charge in [-0.3, -0.25) is 4.79 Å². The van der Waals surface area contributed by atoms with E-state index in [-0.39, 0.29) is 0 Å². The second-order valence-electron chi connectivity index (χ2n) is 6.16. The molecular formula is C18H25NO. The first-order valence-corrected chi connectivity index (χ1v) is 7.59. The zero-order valence-corrected chi connectivity index (χ0v) is 12.8. The lowest BCUT2D eigenvalue weighted by molar-refractivity contribution is -0.132. The van der Waals surface area contributed by atoms with Crippen LogP contribution in [0.15, 0.2) is 36.4 Å². The van der Waals surface area contributed by atoms with Crippen LogP contribution in [-0.4, -0.2) is 23.9 Å². The minimum Gasteiger partial charge on any atom is -0.338 e. The van der Waals surface area contributed by atoms with Gasteiger partial charge in [0.15, 0.2) is 0 Å². The molecule has 1 saturated carbocycles. The summed E-state index contributed by atoms with van der Waals surface area (Å²) in [5, 5.41) is 0. The predicted molar refractivity (Wildman–Crippen MR) is 84.2 cm³/mol. The SMILES string of the molecule is C/C(=C/CN(CC(C)C)C(=O)C1CC1)c1ccccc1. The fraction of sp³-hybridized carbons (Fsp3) is 0.500. The van der Waals surface area contributed by atoms with Gasteiger partial charge in [-0.05, 0) is 36.8 Å². The van der Waals surface area contributed by atoms with Gasteiger partial charge in [-0.1, -0.05) is 50.3 Å². The van der Waals surface area contributed by atoms with Crippen LogP contribution >= 0.6 is 0 Å². The molecule has 0 radical (unpaired) electrons. The maximum atomic E-state index is 12.3. The molecule has 0 spiro atoms. The lowest BCUT2D eigenvalue weighted by Crippen LogP contribution is -2.35. The zero-order chi connectivity index (χ0) is 14.5. The molecule has 1 aliphatic rings. The summed E-state index contributed by atoms with van der Waals surface area (Å²) >= 11 is 0. The van der Waals surface area contributed by atoms with Crippen LogP contribution in [0.25, 0.3) is 5.57 Å². The molecule has 2 heteroatoms. The smallest absolute Gasteiger partial charge is 0.225 e. The summed E-state index contributed by atoms with van der Waals surface area (Å²) in [6.07, 6.45) is 4.33. The first kappa shape index (κ1) is 14.8. The van der Waals surface area contributed by atoms with E-state index in [0.717, 1.165) is 25.9 Å². The molecule has 2 rings (SSSR count). The van der Waals surface area contributed by atoms with Gasteiger partial charge in [-0.25, -0.2) is 0 Å². The molecule has 1 aromatic rings. The van der Waals surface area contributed by atoms with Crippen LogP contribution in [0.1, 0.15) is 39.2 Å². The first-order valence-electron chi connectivity index (χ1n) is 7.59. The van der Waals surface area contributed by atoms with Gasteiger partial charge in [0.05, 0.1) is 0 Å². The van der Waals surface area contributed by atoms with Crippen molar-refractivity contribution in [2.75, 3.05) is 13.1 Å². The van der Waals surface area contributed by atoms with Gasteiger partial charge >= 0.3 is 0 Å². The first-order chi connectivity index (χ1) is 9.58. The summed E-state index contributed by atoms with van der Waals surface area (Å²) < 4.78 is 0. The molecular weight excluding hydrogens is 246 g/mol. The summed E-state index contributed by atoms with van der Waals surface area (Å²) in [5.41, 5.74) is 2.47. The Bertz CT molecular complexity index is 471. The Morgan fingerprint density at radius 3 is 2.50 bits per heavy atom. The van der Waals surface area contributed by atoms with Crippen LogP contribution in [0.3, 0.4) is 0 Å². The lowest BCUT2D eigenvalue weighted by Gasteiger charge is -2.23. The number of benzene rings is 1. The number of amides is 1. The van der Waals surface area contributed by atoms with E-state index in [4.69, 9.17) is 0 Å². The van der Waals surface area contributed by atoms with E-state index in [1.807, 2.05) is 23.1 Å². The van der Waals surface area contributed by atoms with Crippen molar-refractivity contribution in [2.24, 2.45) is 11.8 Å². The minimum absolute atomic E-state index is 0.305. The fourth-order valence-electron chi connectivity index (χ4n) is 2.35. The van der Waals surface area contributed by atoms with Crippen molar-refractivity contribution < 1.29 is 4.79 Å². The molecule has 0 heterocycles. The number of rotatable bonds is 6. The number of hydrogen-bond acceptors (Lipinski definition) is 1. The Morgan fingerprint density at radius 2 is 1.95 bits per heavy atom. The van der Waals surface area contributed by atoms with E-state index < -0.39 is 0 Å². The Hall–Kier alpha value is -1.57. The third-order valence-corrected chi connectivity index (χ3v) is 3.67. The van der Waals surface area contributed by atoms with Gasteiger partial charge in [-0.2, -0.15) is 0 Å². The third kappa shape index (κ3) is 4.22. The summed E-state index contributed by atoms with van der Waals surface area (Å²) in [5.74, 6) is 1.16. The van der Waals surface area contributed by atoms with Gasteiger partial charge < -0.3 is 4.90 Å². The van der Waals surface area contributed by atoms with Gasteiger partial charge in [-0.15, -0.1) is 0 Å². The van der Waals surface area contributed by atoms with E-state index >= 15 is 0 Å². The van der Waals surface area contributed by atoms with Crippen LogP contribution in [0, 0.1) is 11.8 Å². The molecule has 1 fully saturated rings. The van der Waals surface area contributed by atoms with E-state index in [9.17, 15) is 4.79 Å².